The van der Waals surface area contributed by atoms with Crippen molar-refractivity contribution >= 4 is 40.9 Å². The van der Waals surface area contributed by atoms with Crippen molar-refractivity contribution in [3.05, 3.63) is 99.8 Å². The van der Waals surface area contributed by atoms with Gasteiger partial charge in [-0.1, -0.05) is 73.5 Å². The summed E-state index contributed by atoms with van der Waals surface area (Å²) in [5, 5.41) is 20.1. The number of rotatable bonds is 11. The number of nitrogens with one attached hydrogen (secondary N) is 3. The van der Waals surface area contributed by atoms with E-state index in [9.17, 15) is 10.1 Å². The van der Waals surface area contributed by atoms with E-state index in [0.29, 0.717) is 58.6 Å². The maximum absolute atomic E-state index is 13.6. The van der Waals surface area contributed by atoms with E-state index < -0.39 is 6.04 Å². The van der Waals surface area contributed by atoms with Crippen LogP contribution in [0.15, 0.2) is 73.1 Å². The third-order valence-corrected chi connectivity index (χ3v) is 8.08. The van der Waals surface area contributed by atoms with Gasteiger partial charge in [0.2, 0.25) is 11.9 Å². The fraction of sp³-hybridized carbons (Fsp3) is 0.312. The predicted octanol–water partition coefficient (Wildman–Crippen LogP) is 7.13. The van der Waals surface area contributed by atoms with E-state index in [0.717, 1.165) is 24.0 Å². The smallest absolute Gasteiger partial charge is 0.242 e. The van der Waals surface area contributed by atoms with E-state index in [-0.39, 0.29) is 5.91 Å². The molecular formula is C32H33Cl2N7O. The highest BCUT2D eigenvalue weighted by Gasteiger charge is 2.25. The quantitative estimate of drug-likeness (QED) is 0.169. The second-order valence-electron chi connectivity index (χ2n) is 10.6. The molecule has 3 N–H and O–H groups in total. The van der Waals surface area contributed by atoms with Gasteiger partial charge in [-0.05, 0) is 59.9 Å². The summed E-state index contributed by atoms with van der Waals surface area (Å²) in [4.78, 5) is 23.0. The number of amides is 1. The molecule has 0 spiro atoms. The lowest BCUT2D eigenvalue weighted by molar-refractivity contribution is -0.122. The van der Waals surface area contributed by atoms with Gasteiger partial charge in [0.1, 0.15) is 17.7 Å². The van der Waals surface area contributed by atoms with Crippen molar-refractivity contribution in [2.24, 2.45) is 5.92 Å². The van der Waals surface area contributed by atoms with E-state index >= 15 is 0 Å². The van der Waals surface area contributed by atoms with Crippen molar-refractivity contribution in [1.29, 1.82) is 5.26 Å². The summed E-state index contributed by atoms with van der Waals surface area (Å²) in [5.74, 6) is 1.96. The summed E-state index contributed by atoms with van der Waals surface area (Å²) >= 11 is 12.4. The average molecular weight is 603 g/mol. The summed E-state index contributed by atoms with van der Waals surface area (Å²) < 4.78 is 1.90. The van der Waals surface area contributed by atoms with Crippen molar-refractivity contribution in [3.63, 3.8) is 0 Å². The molecule has 0 saturated heterocycles. The summed E-state index contributed by atoms with van der Waals surface area (Å²) in [5.41, 5.74) is 2.33. The molecule has 1 aliphatic carbocycles. The third-order valence-electron chi connectivity index (χ3n) is 7.49. The Hall–Kier alpha value is -4.06. The summed E-state index contributed by atoms with van der Waals surface area (Å²) in [6.07, 6.45) is 10.4. The highest BCUT2D eigenvalue weighted by Crippen LogP contribution is 2.29. The van der Waals surface area contributed by atoms with Crippen LogP contribution in [-0.4, -0.2) is 26.5 Å². The van der Waals surface area contributed by atoms with Crippen molar-refractivity contribution in [2.45, 2.75) is 57.7 Å². The van der Waals surface area contributed by atoms with Crippen molar-refractivity contribution in [1.82, 2.24) is 19.9 Å². The maximum Gasteiger partial charge on any atom is 0.242 e. The minimum Gasteiger partial charge on any atom is -0.358 e. The van der Waals surface area contributed by atoms with Gasteiger partial charge < -0.3 is 20.5 Å². The van der Waals surface area contributed by atoms with Crippen LogP contribution < -0.4 is 16.0 Å². The highest BCUT2D eigenvalue weighted by molar-refractivity contribution is 6.35. The Balaban J connectivity index is 1.37. The van der Waals surface area contributed by atoms with Crippen molar-refractivity contribution < 1.29 is 4.79 Å². The zero-order valence-electron chi connectivity index (χ0n) is 23.2. The Morgan fingerprint density at radius 1 is 1.00 bits per heavy atom. The lowest BCUT2D eigenvalue weighted by Crippen LogP contribution is -2.41. The highest BCUT2D eigenvalue weighted by atomic mass is 35.5. The molecule has 42 heavy (non-hydrogen) atoms. The number of hydrogen-bond acceptors (Lipinski definition) is 6. The monoisotopic (exact) mass is 601 g/mol. The molecule has 0 bridgehead atoms. The Labute approximate surface area is 256 Å². The molecule has 2 aromatic carbocycles. The van der Waals surface area contributed by atoms with Crippen LogP contribution in [0.25, 0.3) is 5.82 Å². The summed E-state index contributed by atoms with van der Waals surface area (Å²) in [7, 11) is 0. The Morgan fingerprint density at radius 2 is 1.81 bits per heavy atom. The molecule has 0 unspecified atom stereocenters. The van der Waals surface area contributed by atoms with Gasteiger partial charge in [0.15, 0.2) is 0 Å². The number of aromatic nitrogens is 3. The Bertz CT molecular complexity index is 1540. The van der Waals surface area contributed by atoms with Crippen molar-refractivity contribution in [3.8, 4) is 11.9 Å². The standard InChI is InChI=1S/C32H33Cl2N7O/c33-26-12-11-25(27(34)17-26)21-36-31(42)28(16-22-7-2-1-3-8-22)38-29-18-30(41-13-4-5-14-41)40-32(39-29)37-20-24-10-6-9-23(15-24)19-35/h4-6,9-15,17-18,22,28H,1-3,7-8,16,20-21H2,(H,36,42)(H2,37,38,39,40)/t28-/m1/s1. The van der Waals surface area contributed by atoms with Gasteiger partial charge >= 0.3 is 0 Å². The van der Waals surface area contributed by atoms with Crippen LogP contribution in [-0.2, 0) is 17.9 Å². The molecule has 1 amide bonds. The number of carbonyl (C=O) groups excluding carboxylic acids is 1. The lowest BCUT2D eigenvalue weighted by atomic mass is 9.84. The van der Waals surface area contributed by atoms with Gasteiger partial charge in [-0.15, -0.1) is 0 Å². The first-order valence-corrected chi connectivity index (χ1v) is 15.0. The SMILES string of the molecule is N#Cc1cccc(CNc2nc(N[C@H](CC3CCCCC3)C(=O)NCc3ccc(Cl)cc3Cl)cc(-n3cccc3)n2)c1. The van der Waals surface area contributed by atoms with E-state index in [1.54, 1.807) is 18.2 Å². The number of halogens is 2. The third kappa shape index (κ3) is 8.03. The minimum absolute atomic E-state index is 0.115. The van der Waals surface area contributed by atoms with Gasteiger partial charge in [0.25, 0.3) is 0 Å². The van der Waals surface area contributed by atoms with E-state index in [4.69, 9.17) is 33.2 Å². The van der Waals surface area contributed by atoms with Gasteiger partial charge in [0, 0.05) is 41.6 Å². The molecule has 1 saturated carbocycles. The normalized spacial score (nSPS) is 14.1. The molecule has 1 fully saturated rings. The second-order valence-corrected chi connectivity index (χ2v) is 11.4. The number of carbonyl (C=O) groups is 1. The largest absolute Gasteiger partial charge is 0.358 e. The lowest BCUT2D eigenvalue weighted by Gasteiger charge is -2.27. The maximum atomic E-state index is 13.6. The van der Waals surface area contributed by atoms with E-state index in [1.807, 2.05) is 59.4 Å². The molecule has 1 aliphatic rings. The zero-order chi connectivity index (χ0) is 29.3. The van der Waals surface area contributed by atoms with Crippen LogP contribution in [0.1, 0.15) is 55.2 Å². The molecule has 0 aliphatic heterocycles. The Kier molecular flexibility index (Phi) is 9.96. The van der Waals surface area contributed by atoms with Crippen LogP contribution in [0.2, 0.25) is 10.0 Å². The summed E-state index contributed by atoms with van der Waals surface area (Å²) in [6, 6.07) is 20.0. The first-order valence-electron chi connectivity index (χ1n) is 14.2. The molecule has 10 heteroatoms. The summed E-state index contributed by atoms with van der Waals surface area (Å²) in [6.45, 7) is 0.739. The second kappa shape index (κ2) is 14.2. The number of nitriles is 1. The van der Waals surface area contributed by atoms with Gasteiger partial charge in [-0.25, -0.2) is 0 Å². The van der Waals surface area contributed by atoms with Crippen LogP contribution >= 0.6 is 23.2 Å². The molecule has 8 nitrogen and oxygen atoms in total. The predicted molar refractivity (Wildman–Crippen MR) is 167 cm³/mol. The molecule has 2 heterocycles. The molecule has 0 radical (unpaired) electrons. The fourth-order valence-electron chi connectivity index (χ4n) is 5.28. The van der Waals surface area contributed by atoms with Crippen LogP contribution in [0.5, 0.6) is 0 Å². The topological polar surface area (TPSA) is 108 Å². The van der Waals surface area contributed by atoms with E-state index in [2.05, 4.69) is 22.0 Å². The molecule has 5 rings (SSSR count). The van der Waals surface area contributed by atoms with E-state index in [1.165, 1.54) is 19.3 Å². The van der Waals surface area contributed by atoms with Crippen LogP contribution in [0, 0.1) is 17.2 Å². The first-order chi connectivity index (χ1) is 20.5. The van der Waals surface area contributed by atoms with Gasteiger partial charge in [-0.2, -0.15) is 15.2 Å². The zero-order valence-corrected chi connectivity index (χ0v) is 24.7. The molecule has 216 valence electrons. The van der Waals surface area contributed by atoms with Crippen molar-refractivity contribution in [2.75, 3.05) is 10.6 Å². The van der Waals surface area contributed by atoms with Gasteiger partial charge in [0.05, 0.1) is 11.6 Å². The molecule has 2 aromatic heterocycles. The molecule has 4 aromatic rings. The number of anilines is 2. The van der Waals surface area contributed by atoms with Crippen LogP contribution in [0.4, 0.5) is 11.8 Å². The first kappa shape index (κ1) is 29.4. The molecular weight excluding hydrogens is 569 g/mol. The minimum atomic E-state index is -0.494. The average Bonchev–Trinajstić information content (AvgIpc) is 3.55. The van der Waals surface area contributed by atoms with Gasteiger partial charge in [-0.3, -0.25) is 4.79 Å². The van der Waals surface area contributed by atoms with Crippen LogP contribution in [0.3, 0.4) is 0 Å². The number of nitrogens with zero attached hydrogens (tertiary/aromatic N) is 4. The molecule has 1 atom stereocenters. The number of benzene rings is 2. The Morgan fingerprint density at radius 3 is 2.57 bits per heavy atom. The number of hydrogen-bond donors (Lipinski definition) is 3. The fourth-order valence-corrected chi connectivity index (χ4v) is 5.75.